The summed E-state index contributed by atoms with van der Waals surface area (Å²) in [5.41, 5.74) is 1.34. The minimum Gasteiger partial charge on any atom is -0.379 e. The molecule has 1 aromatic heterocycles. The second-order valence-electron chi connectivity index (χ2n) is 7.79. The summed E-state index contributed by atoms with van der Waals surface area (Å²) in [5.74, 6) is 0.955. The van der Waals surface area contributed by atoms with Gasteiger partial charge in [-0.25, -0.2) is 0 Å². The van der Waals surface area contributed by atoms with Crippen LogP contribution < -0.4 is 10.2 Å². The summed E-state index contributed by atoms with van der Waals surface area (Å²) >= 11 is 0. The average Bonchev–Trinajstić information content (AvgIpc) is 3.25. The number of morpholine rings is 2. The topological polar surface area (TPSA) is 80.1 Å². The highest BCUT2D eigenvalue weighted by Crippen LogP contribution is 2.31. The van der Waals surface area contributed by atoms with Crippen LogP contribution in [0.2, 0.25) is 0 Å². The number of nitrogens with zero attached hydrogens (tertiary/aromatic N) is 3. The summed E-state index contributed by atoms with van der Waals surface area (Å²) in [5, 5.41) is 7.43. The number of benzene rings is 1. The van der Waals surface area contributed by atoms with Gasteiger partial charge in [-0.15, -0.1) is 0 Å². The number of amides is 1. The van der Waals surface area contributed by atoms with E-state index in [1.165, 1.54) is 0 Å². The van der Waals surface area contributed by atoms with E-state index in [-0.39, 0.29) is 11.9 Å². The number of carbonyl (C=O) groups is 1. The van der Waals surface area contributed by atoms with Gasteiger partial charge in [0, 0.05) is 44.3 Å². The van der Waals surface area contributed by atoms with E-state index in [4.69, 9.17) is 14.0 Å². The van der Waals surface area contributed by atoms with E-state index in [0.29, 0.717) is 43.4 Å². The van der Waals surface area contributed by atoms with Crippen molar-refractivity contribution in [2.75, 3.05) is 64.1 Å². The van der Waals surface area contributed by atoms with Gasteiger partial charge in [-0.05, 0) is 13.3 Å². The van der Waals surface area contributed by atoms with Gasteiger partial charge in [-0.1, -0.05) is 35.5 Å². The summed E-state index contributed by atoms with van der Waals surface area (Å²) in [6.45, 7) is 9.06. The highest BCUT2D eigenvalue weighted by atomic mass is 16.5. The molecule has 0 bridgehead atoms. The van der Waals surface area contributed by atoms with Crippen molar-refractivity contribution in [1.82, 2.24) is 15.4 Å². The van der Waals surface area contributed by atoms with Crippen LogP contribution in [0, 0.1) is 0 Å². The second-order valence-corrected chi connectivity index (χ2v) is 7.79. The van der Waals surface area contributed by atoms with Crippen molar-refractivity contribution in [2.24, 2.45) is 0 Å². The molecule has 0 aliphatic carbocycles. The molecule has 2 saturated heterocycles. The SMILES string of the molecule is CC(CCN1CCOCC1)NC(=O)c1c(N2CCOCC2)noc1-c1ccccc1. The van der Waals surface area contributed by atoms with E-state index in [0.717, 1.165) is 44.8 Å². The number of rotatable bonds is 7. The summed E-state index contributed by atoms with van der Waals surface area (Å²) < 4.78 is 16.5. The Balaban J connectivity index is 1.49. The molecule has 0 saturated carbocycles. The van der Waals surface area contributed by atoms with Crippen molar-refractivity contribution in [3.8, 4) is 11.3 Å². The van der Waals surface area contributed by atoms with Crippen LogP contribution in [-0.4, -0.2) is 81.2 Å². The summed E-state index contributed by atoms with van der Waals surface area (Å²) in [6, 6.07) is 9.70. The van der Waals surface area contributed by atoms with Crippen molar-refractivity contribution in [3.05, 3.63) is 35.9 Å². The lowest BCUT2D eigenvalue weighted by molar-refractivity contribution is 0.0363. The number of nitrogens with one attached hydrogen (secondary N) is 1. The fourth-order valence-corrected chi connectivity index (χ4v) is 3.83. The van der Waals surface area contributed by atoms with Crippen LogP contribution in [0.5, 0.6) is 0 Å². The predicted octanol–water partition coefficient (Wildman–Crippen LogP) is 2.02. The predicted molar refractivity (Wildman–Crippen MR) is 114 cm³/mol. The fraction of sp³-hybridized carbons (Fsp3) is 0.545. The monoisotopic (exact) mass is 414 g/mol. The molecule has 1 N–H and O–H groups in total. The molecule has 0 spiro atoms. The van der Waals surface area contributed by atoms with Gasteiger partial charge in [0.15, 0.2) is 11.6 Å². The Morgan fingerprint density at radius 1 is 1.07 bits per heavy atom. The molecule has 1 amide bonds. The maximum absolute atomic E-state index is 13.3. The Hall–Kier alpha value is -2.42. The Kier molecular flexibility index (Phi) is 6.99. The highest BCUT2D eigenvalue weighted by Gasteiger charge is 2.29. The first kappa shape index (κ1) is 20.8. The average molecular weight is 415 g/mol. The lowest BCUT2D eigenvalue weighted by Gasteiger charge is -2.28. The van der Waals surface area contributed by atoms with E-state index in [9.17, 15) is 4.79 Å². The van der Waals surface area contributed by atoms with E-state index in [2.05, 4.69) is 20.3 Å². The van der Waals surface area contributed by atoms with Crippen molar-refractivity contribution in [1.29, 1.82) is 0 Å². The van der Waals surface area contributed by atoms with Crippen LogP contribution in [0.3, 0.4) is 0 Å². The highest BCUT2D eigenvalue weighted by molar-refractivity contribution is 6.04. The maximum atomic E-state index is 13.3. The molecule has 3 heterocycles. The zero-order valence-electron chi connectivity index (χ0n) is 17.5. The lowest BCUT2D eigenvalue weighted by Crippen LogP contribution is -2.41. The van der Waals surface area contributed by atoms with E-state index >= 15 is 0 Å². The van der Waals surface area contributed by atoms with Crippen LogP contribution in [0.4, 0.5) is 5.82 Å². The van der Waals surface area contributed by atoms with Crippen molar-refractivity contribution >= 4 is 11.7 Å². The van der Waals surface area contributed by atoms with Crippen molar-refractivity contribution < 1.29 is 18.8 Å². The van der Waals surface area contributed by atoms with Crippen molar-refractivity contribution in [2.45, 2.75) is 19.4 Å². The first-order chi connectivity index (χ1) is 14.7. The molecule has 2 aromatic rings. The Labute approximate surface area is 177 Å². The molecule has 0 radical (unpaired) electrons. The van der Waals surface area contributed by atoms with E-state index < -0.39 is 0 Å². The second kappa shape index (κ2) is 10.1. The minimum atomic E-state index is -0.147. The molecule has 162 valence electrons. The Morgan fingerprint density at radius 2 is 1.73 bits per heavy atom. The van der Waals surface area contributed by atoms with Crippen LogP contribution in [0.1, 0.15) is 23.7 Å². The zero-order valence-corrected chi connectivity index (χ0v) is 17.5. The van der Waals surface area contributed by atoms with Crippen LogP contribution >= 0.6 is 0 Å². The normalized spacial score (nSPS) is 18.9. The van der Waals surface area contributed by atoms with E-state index in [1.54, 1.807) is 0 Å². The zero-order chi connectivity index (χ0) is 20.8. The maximum Gasteiger partial charge on any atom is 0.259 e. The molecule has 2 aliphatic rings. The number of aromatic nitrogens is 1. The Morgan fingerprint density at radius 3 is 2.43 bits per heavy atom. The van der Waals surface area contributed by atoms with Gasteiger partial charge in [-0.2, -0.15) is 0 Å². The molecular weight excluding hydrogens is 384 g/mol. The lowest BCUT2D eigenvalue weighted by atomic mass is 10.1. The number of hydrogen-bond donors (Lipinski definition) is 1. The van der Waals surface area contributed by atoms with Gasteiger partial charge >= 0.3 is 0 Å². The van der Waals surface area contributed by atoms with Gasteiger partial charge in [0.2, 0.25) is 0 Å². The third-order valence-electron chi connectivity index (χ3n) is 5.61. The standard InChI is InChI=1S/C22H30N4O4/c1-17(7-8-25-9-13-28-14-10-25)23-22(27)19-20(18-5-3-2-4-6-18)30-24-21(19)26-11-15-29-16-12-26/h2-6,17H,7-16H2,1H3,(H,23,27). The van der Waals surface area contributed by atoms with Gasteiger partial charge in [-0.3, -0.25) is 9.69 Å². The third kappa shape index (κ3) is 5.00. The molecular formula is C22H30N4O4. The summed E-state index contributed by atoms with van der Waals surface area (Å²) in [4.78, 5) is 17.8. The van der Waals surface area contributed by atoms with Crippen molar-refractivity contribution in [3.63, 3.8) is 0 Å². The summed E-state index contributed by atoms with van der Waals surface area (Å²) in [7, 11) is 0. The smallest absolute Gasteiger partial charge is 0.259 e. The first-order valence-corrected chi connectivity index (χ1v) is 10.7. The fourth-order valence-electron chi connectivity index (χ4n) is 3.83. The minimum absolute atomic E-state index is 0.0383. The van der Waals surface area contributed by atoms with Gasteiger partial charge in [0.25, 0.3) is 5.91 Å². The Bertz CT molecular complexity index is 814. The van der Waals surface area contributed by atoms with Crippen LogP contribution in [0.15, 0.2) is 34.9 Å². The van der Waals surface area contributed by atoms with Crippen LogP contribution in [0.25, 0.3) is 11.3 Å². The molecule has 30 heavy (non-hydrogen) atoms. The molecule has 2 fully saturated rings. The molecule has 8 heteroatoms. The number of hydrogen-bond acceptors (Lipinski definition) is 7. The number of ether oxygens (including phenoxy) is 2. The quantitative estimate of drug-likeness (QED) is 0.742. The first-order valence-electron chi connectivity index (χ1n) is 10.7. The molecule has 1 aromatic carbocycles. The van der Waals surface area contributed by atoms with Gasteiger partial charge < -0.3 is 24.2 Å². The molecule has 1 atom stereocenters. The molecule has 4 rings (SSSR count). The van der Waals surface area contributed by atoms with E-state index in [1.807, 2.05) is 37.3 Å². The van der Waals surface area contributed by atoms with Gasteiger partial charge in [0.05, 0.1) is 26.4 Å². The number of carbonyl (C=O) groups excluding carboxylic acids is 1. The number of anilines is 1. The molecule has 8 nitrogen and oxygen atoms in total. The molecule has 1 unspecified atom stereocenters. The third-order valence-corrected chi connectivity index (χ3v) is 5.61. The largest absolute Gasteiger partial charge is 0.379 e. The van der Waals surface area contributed by atoms with Crippen LogP contribution in [-0.2, 0) is 9.47 Å². The molecule has 2 aliphatic heterocycles. The van der Waals surface area contributed by atoms with Gasteiger partial charge in [0.1, 0.15) is 5.56 Å². The summed E-state index contributed by atoms with van der Waals surface area (Å²) in [6.07, 6.45) is 0.880.